The molecule has 0 unspecified atom stereocenters. The van der Waals surface area contributed by atoms with Crippen LogP contribution >= 0.6 is 11.8 Å². The van der Waals surface area contributed by atoms with Gasteiger partial charge in [-0.1, -0.05) is 6.07 Å². The van der Waals surface area contributed by atoms with Crippen molar-refractivity contribution >= 4 is 40.1 Å². The second-order valence-corrected chi connectivity index (χ2v) is 8.76. The summed E-state index contributed by atoms with van der Waals surface area (Å²) in [5, 5.41) is 25.4. The van der Waals surface area contributed by atoms with E-state index in [1.165, 1.54) is 57.3 Å². The minimum Gasteiger partial charge on any atom is -0.444 e. The molecule has 1 aliphatic heterocycles. The zero-order valence-electron chi connectivity index (χ0n) is 20.3. The summed E-state index contributed by atoms with van der Waals surface area (Å²) in [7, 11) is 2.86. The van der Waals surface area contributed by atoms with Gasteiger partial charge in [-0.15, -0.1) is 0 Å². The first kappa shape index (κ1) is 28.9. The number of para-hydroxylation sites is 1. The normalized spacial score (nSPS) is 13.2. The Morgan fingerprint density at radius 3 is 2.47 bits per heavy atom. The van der Waals surface area contributed by atoms with E-state index in [0.717, 1.165) is 13.2 Å². The average Bonchev–Trinajstić information content (AvgIpc) is 3.55. The molecule has 0 aliphatic carbocycles. The minimum absolute atomic E-state index is 0.0183. The van der Waals surface area contributed by atoms with Gasteiger partial charge >= 0.3 is 11.5 Å². The summed E-state index contributed by atoms with van der Waals surface area (Å²) in [6, 6.07) is 6.75. The number of nitrogen functional groups attached to an aromatic ring is 1. The lowest BCUT2D eigenvalue weighted by molar-refractivity contribution is -0.245. The highest BCUT2D eigenvalue weighted by atomic mass is 32.2. The quantitative estimate of drug-likeness (QED) is 0.137. The van der Waals surface area contributed by atoms with Gasteiger partial charge in [0.15, 0.2) is 22.9 Å². The van der Waals surface area contributed by atoms with Crippen molar-refractivity contribution in [3.05, 3.63) is 41.8 Å². The number of carbonyl (C=O) groups excluding carboxylic acids is 1. The number of alkyl halides is 3. The van der Waals surface area contributed by atoms with Gasteiger partial charge in [-0.2, -0.15) is 13.2 Å². The summed E-state index contributed by atoms with van der Waals surface area (Å²) in [6.45, 7) is 2.00. The van der Waals surface area contributed by atoms with Crippen molar-refractivity contribution < 1.29 is 42.1 Å². The smallest absolute Gasteiger partial charge is 0.444 e. The number of rotatable bonds is 5. The van der Waals surface area contributed by atoms with Gasteiger partial charge in [-0.05, 0) is 54.8 Å². The lowest BCUT2D eigenvalue weighted by Gasteiger charge is -2.18. The van der Waals surface area contributed by atoms with Gasteiger partial charge in [-0.3, -0.25) is 4.79 Å². The lowest BCUT2D eigenvalue weighted by Crippen LogP contribution is -2.34. The number of aromatic nitrogens is 1. The summed E-state index contributed by atoms with van der Waals surface area (Å²) in [4.78, 5) is 15.3. The number of nitrogens with two attached hydrogens (primary N) is 1. The number of hydrogen-bond acceptors (Lipinski definition) is 10. The maximum Gasteiger partial charge on any atom is 0.446 e. The van der Waals surface area contributed by atoms with Gasteiger partial charge in [0.05, 0.1) is 10.6 Å². The van der Waals surface area contributed by atoms with E-state index in [0.29, 0.717) is 0 Å². The molecule has 0 spiro atoms. The van der Waals surface area contributed by atoms with E-state index in [4.69, 9.17) is 19.6 Å². The number of nitrogens with one attached hydrogen (secondary N) is 2. The number of benzene rings is 1. The largest absolute Gasteiger partial charge is 0.446 e. The Balaban J connectivity index is 0.000000715. The van der Waals surface area contributed by atoms with Crippen molar-refractivity contribution in [2.24, 2.45) is 0 Å². The van der Waals surface area contributed by atoms with Crippen LogP contribution in [0.2, 0.25) is 0 Å². The topological polar surface area (TPSA) is 152 Å². The van der Waals surface area contributed by atoms with Crippen LogP contribution in [0.4, 0.5) is 24.7 Å². The predicted molar refractivity (Wildman–Crippen MR) is 134 cm³/mol. The van der Waals surface area contributed by atoms with Crippen LogP contribution in [0.15, 0.2) is 39.6 Å². The molecule has 1 saturated heterocycles. The first-order chi connectivity index (χ1) is 17.9. The SMILES string of the molecule is C1CCOC1.CNC(=O)c1ccc(OC(O)(O)C#Cc2oc3c(N)cccc3c2SC(F)(F)F)c(NC)n1. The van der Waals surface area contributed by atoms with Gasteiger partial charge < -0.3 is 40.5 Å². The maximum absolute atomic E-state index is 13.1. The fourth-order valence-electron chi connectivity index (χ4n) is 3.21. The third-order valence-electron chi connectivity index (χ3n) is 4.89. The van der Waals surface area contributed by atoms with Crippen molar-refractivity contribution in [3.63, 3.8) is 0 Å². The van der Waals surface area contributed by atoms with E-state index in [1.807, 2.05) is 5.92 Å². The highest BCUT2D eigenvalue weighted by Gasteiger charge is 2.34. The Hall–Kier alpha value is -3.64. The Morgan fingerprint density at radius 2 is 1.89 bits per heavy atom. The molecule has 1 aromatic carbocycles. The van der Waals surface area contributed by atoms with Crippen molar-refractivity contribution in [2.75, 3.05) is 38.4 Å². The molecule has 204 valence electrons. The van der Waals surface area contributed by atoms with Gasteiger partial charge in [0.2, 0.25) is 0 Å². The summed E-state index contributed by atoms with van der Waals surface area (Å²) < 4.78 is 54.5. The Kier molecular flexibility index (Phi) is 9.34. The van der Waals surface area contributed by atoms with Gasteiger partial charge in [0.1, 0.15) is 5.69 Å². The van der Waals surface area contributed by atoms with Gasteiger partial charge in [0, 0.05) is 38.6 Å². The number of ether oxygens (including phenoxy) is 2. The third kappa shape index (κ3) is 7.68. The summed E-state index contributed by atoms with van der Waals surface area (Å²) >= 11 is -0.474. The molecule has 1 fully saturated rings. The highest BCUT2D eigenvalue weighted by molar-refractivity contribution is 8.00. The number of amides is 1. The number of aliphatic hydroxyl groups is 2. The number of halogens is 3. The monoisotopic (exact) mass is 554 g/mol. The zero-order chi connectivity index (χ0) is 27.9. The molecule has 0 saturated carbocycles. The van der Waals surface area contributed by atoms with Crippen LogP contribution in [-0.2, 0) is 4.74 Å². The number of hydrogen-bond donors (Lipinski definition) is 5. The molecular formula is C24H25F3N4O6S. The molecule has 1 amide bonds. The van der Waals surface area contributed by atoms with Crippen LogP contribution in [-0.4, -0.2) is 59.9 Å². The van der Waals surface area contributed by atoms with Crippen molar-refractivity contribution in [2.45, 2.75) is 29.2 Å². The Bertz CT molecular complexity index is 1340. The molecule has 3 aromatic rings. The van der Waals surface area contributed by atoms with Crippen LogP contribution in [0.25, 0.3) is 11.0 Å². The maximum atomic E-state index is 13.1. The fourth-order valence-corrected chi connectivity index (χ4v) is 3.89. The van der Waals surface area contributed by atoms with Gasteiger partial charge in [0.25, 0.3) is 5.91 Å². The molecule has 4 rings (SSSR count). The summed E-state index contributed by atoms with van der Waals surface area (Å²) in [5.74, 6) is -0.244. The second kappa shape index (κ2) is 12.3. The van der Waals surface area contributed by atoms with E-state index >= 15 is 0 Å². The van der Waals surface area contributed by atoms with Gasteiger partial charge in [-0.25, -0.2) is 4.98 Å². The molecular weight excluding hydrogens is 529 g/mol. The number of thioether (sulfide) groups is 1. The molecule has 14 heteroatoms. The fraction of sp³-hybridized carbons (Fsp3) is 0.333. The molecule has 1 aliphatic rings. The molecule has 0 bridgehead atoms. The third-order valence-corrected chi connectivity index (χ3v) is 5.73. The lowest BCUT2D eigenvalue weighted by atomic mass is 10.2. The van der Waals surface area contributed by atoms with Crippen molar-refractivity contribution in [1.29, 1.82) is 0 Å². The number of furan rings is 1. The number of fused-ring (bicyclic) bond motifs is 1. The van der Waals surface area contributed by atoms with Crippen LogP contribution in [0.3, 0.4) is 0 Å². The van der Waals surface area contributed by atoms with Crippen LogP contribution in [0, 0.1) is 11.8 Å². The first-order valence-corrected chi connectivity index (χ1v) is 12.0. The molecule has 38 heavy (non-hydrogen) atoms. The minimum atomic E-state index is -4.66. The Morgan fingerprint density at radius 1 is 1.18 bits per heavy atom. The van der Waals surface area contributed by atoms with Crippen LogP contribution in [0.5, 0.6) is 5.75 Å². The molecule has 0 radical (unpaired) electrons. The average molecular weight is 555 g/mol. The van der Waals surface area contributed by atoms with Crippen LogP contribution < -0.4 is 21.1 Å². The number of pyridine rings is 1. The standard InChI is InChI=1S/C20H17F3N4O5S.C4H8O/c1-25-17-14(7-6-12(27-17)18(28)26-2)32-19(29,30)9-8-13-16(33-20(21,22)23)10-4-3-5-11(24)15(10)31-13;1-2-4-5-3-1/h3-7,29-30H,24H2,1-2H3,(H,25,27)(H,26,28);1-4H2. The van der Waals surface area contributed by atoms with E-state index in [9.17, 15) is 28.2 Å². The first-order valence-electron chi connectivity index (χ1n) is 11.2. The summed E-state index contributed by atoms with van der Waals surface area (Å²) in [5.41, 5.74) is 1.18. The molecule has 10 nitrogen and oxygen atoms in total. The zero-order valence-corrected chi connectivity index (χ0v) is 21.1. The molecule has 6 N–H and O–H groups in total. The van der Waals surface area contributed by atoms with Crippen molar-refractivity contribution in [1.82, 2.24) is 10.3 Å². The van der Waals surface area contributed by atoms with E-state index in [1.54, 1.807) is 0 Å². The number of anilines is 2. The predicted octanol–water partition coefficient (Wildman–Crippen LogP) is 3.29. The number of nitrogens with zero attached hydrogens (tertiary/aromatic N) is 1. The van der Waals surface area contributed by atoms with Crippen LogP contribution in [0.1, 0.15) is 29.1 Å². The molecule has 0 atom stereocenters. The summed E-state index contributed by atoms with van der Waals surface area (Å²) in [6.07, 6.45) is 2.56. The van der Waals surface area contributed by atoms with E-state index in [-0.39, 0.29) is 38.8 Å². The Labute approximate surface area is 219 Å². The highest BCUT2D eigenvalue weighted by Crippen LogP contribution is 2.44. The molecule has 2 aromatic heterocycles. The second-order valence-electron chi connectivity index (χ2n) is 7.68. The van der Waals surface area contributed by atoms with Crippen molar-refractivity contribution in [3.8, 4) is 17.6 Å². The number of carbonyl (C=O) groups is 1. The molecule has 3 heterocycles. The van der Waals surface area contributed by atoms with E-state index in [2.05, 4.69) is 21.5 Å². The van der Waals surface area contributed by atoms with E-state index < -0.39 is 34.9 Å².